The lowest BCUT2D eigenvalue weighted by Gasteiger charge is -2.07. The van der Waals surface area contributed by atoms with E-state index >= 15 is 0 Å². The van der Waals surface area contributed by atoms with E-state index in [0.29, 0.717) is 17.1 Å². The van der Waals surface area contributed by atoms with Crippen LogP contribution in [0.1, 0.15) is 5.56 Å². The molecule has 29 heavy (non-hydrogen) atoms. The Hall–Kier alpha value is -3.40. The lowest BCUT2D eigenvalue weighted by Crippen LogP contribution is -2.23. The second-order valence-electron chi connectivity index (χ2n) is 6.10. The average molecular weight is 417 g/mol. The van der Waals surface area contributed by atoms with Gasteiger partial charge in [0.25, 0.3) is 5.89 Å². The van der Waals surface area contributed by atoms with Gasteiger partial charge in [-0.15, -0.1) is 5.10 Å². The number of nitrogens with zero attached hydrogens (tertiary/aromatic N) is 2. The van der Waals surface area contributed by atoms with Gasteiger partial charge in [-0.2, -0.15) is 0 Å². The molecule has 2 aromatic carbocycles. The van der Waals surface area contributed by atoms with E-state index in [1.807, 2.05) is 6.92 Å². The predicted octanol–water partition coefficient (Wildman–Crippen LogP) is 2.47. The third-order valence-corrected chi connectivity index (χ3v) is 5.64. The zero-order valence-corrected chi connectivity index (χ0v) is 16.8. The summed E-state index contributed by atoms with van der Waals surface area (Å²) in [5, 5.41) is 9.91. The van der Waals surface area contributed by atoms with Crippen LogP contribution < -0.4 is 14.8 Å². The highest BCUT2D eigenvalue weighted by Crippen LogP contribution is 2.33. The fourth-order valence-corrected chi connectivity index (χ4v) is 3.65. The van der Waals surface area contributed by atoms with Gasteiger partial charge in [-0.3, -0.25) is 10.1 Å². The van der Waals surface area contributed by atoms with Crippen molar-refractivity contribution < 1.29 is 27.1 Å². The van der Waals surface area contributed by atoms with Crippen LogP contribution in [-0.4, -0.2) is 44.5 Å². The molecule has 3 aromatic rings. The number of sulfone groups is 1. The van der Waals surface area contributed by atoms with Crippen molar-refractivity contribution in [2.24, 2.45) is 0 Å². The van der Waals surface area contributed by atoms with Crippen molar-refractivity contribution in [1.29, 1.82) is 0 Å². The second kappa shape index (κ2) is 8.31. The molecule has 0 aliphatic carbocycles. The number of benzene rings is 2. The molecule has 0 saturated carbocycles. The molecule has 9 nitrogen and oxygen atoms in total. The maximum Gasteiger partial charge on any atom is 0.322 e. The molecule has 1 aromatic heterocycles. The van der Waals surface area contributed by atoms with Gasteiger partial charge in [0.15, 0.2) is 9.84 Å². The number of aryl methyl sites for hydroxylation is 1. The highest BCUT2D eigenvalue weighted by Gasteiger charge is 2.21. The summed E-state index contributed by atoms with van der Waals surface area (Å²) < 4.78 is 40.6. The molecule has 0 unspecified atom stereocenters. The lowest BCUT2D eigenvalue weighted by atomic mass is 10.2. The summed E-state index contributed by atoms with van der Waals surface area (Å²) in [6.45, 7) is 1.84. The van der Waals surface area contributed by atoms with Gasteiger partial charge in [-0.25, -0.2) is 8.42 Å². The van der Waals surface area contributed by atoms with E-state index in [9.17, 15) is 13.2 Å². The van der Waals surface area contributed by atoms with E-state index in [2.05, 4.69) is 15.5 Å². The zero-order chi connectivity index (χ0) is 21.0. The number of nitrogens with one attached hydrogen (secondary N) is 1. The number of amides is 1. The number of carbonyl (C=O) groups excluding carboxylic acids is 1. The predicted molar refractivity (Wildman–Crippen MR) is 105 cm³/mol. The Labute approximate surface area is 167 Å². The Balaban J connectivity index is 1.73. The van der Waals surface area contributed by atoms with E-state index in [-0.39, 0.29) is 16.8 Å². The normalized spacial score (nSPS) is 11.1. The van der Waals surface area contributed by atoms with Crippen LogP contribution in [0, 0.1) is 6.92 Å². The monoisotopic (exact) mass is 417 g/mol. The van der Waals surface area contributed by atoms with Crippen LogP contribution in [0.15, 0.2) is 51.8 Å². The summed E-state index contributed by atoms with van der Waals surface area (Å²) in [5.41, 5.74) is 1.41. The van der Waals surface area contributed by atoms with Crippen LogP contribution in [0.5, 0.6) is 11.5 Å². The minimum atomic E-state index is -3.80. The molecule has 0 spiro atoms. The second-order valence-corrected chi connectivity index (χ2v) is 8.09. The molecule has 0 aliphatic rings. The largest absolute Gasteiger partial charge is 0.497 e. The molecule has 1 amide bonds. The first-order chi connectivity index (χ1) is 13.8. The number of hydrogen-bond donors (Lipinski definition) is 1. The Bertz CT molecular complexity index is 1120. The van der Waals surface area contributed by atoms with Crippen LogP contribution in [-0.2, 0) is 14.6 Å². The molecule has 1 heterocycles. The Morgan fingerprint density at radius 2 is 1.79 bits per heavy atom. The van der Waals surface area contributed by atoms with Gasteiger partial charge in [0.05, 0.1) is 24.7 Å². The minimum Gasteiger partial charge on any atom is -0.497 e. The number of hydrogen-bond acceptors (Lipinski definition) is 8. The number of rotatable bonds is 7. The smallest absolute Gasteiger partial charge is 0.322 e. The highest BCUT2D eigenvalue weighted by atomic mass is 32.2. The van der Waals surface area contributed by atoms with Crippen molar-refractivity contribution in [2.75, 3.05) is 25.3 Å². The first-order valence-electron chi connectivity index (χ1n) is 8.47. The molecule has 0 bridgehead atoms. The number of ether oxygens (including phenoxy) is 2. The van der Waals surface area contributed by atoms with Crippen LogP contribution in [0.3, 0.4) is 0 Å². The van der Waals surface area contributed by atoms with Crippen molar-refractivity contribution >= 4 is 21.8 Å². The fraction of sp³-hybridized carbons (Fsp3) is 0.211. The van der Waals surface area contributed by atoms with Gasteiger partial charge < -0.3 is 13.9 Å². The van der Waals surface area contributed by atoms with Crippen LogP contribution in [0.2, 0.25) is 0 Å². The van der Waals surface area contributed by atoms with Crippen molar-refractivity contribution in [1.82, 2.24) is 10.2 Å². The molecular weight excluding hydrogens is 398 g/mol. The van der Waals surface area contributed by atoms with Gasteiger partial charge in [-0.1, -0.05) is 22.8 Å². The Morgan fingerprint density at radius 1 is 1.07 bits per heavy atom. The van der Waals surface area contributed by atoms with Crippen molar-refractivity contribution in [2.45, 2.75) is 11.8 Å². The van der Waals surface area contributed by atoms with Gasteiger partial charge in [-0.05, 0) is 31.2 Å². The number of carbonyl (C=O) groups is 1. The molecule has 0 saturated heterocycles. The maximum absolute atomic E-state index is 12.4. The van der Waals surface area contributed by atoms with Crippen LogP contribution in [0.25, 0.3) is 11.5 Å². The molecular formula is C19H19N3O6S. The molecule has 3 rings (SSSR count). The molecule has 0 radical (unpaired) electrons. The Morgan fingerprint density at radius 3 is 2.45 bits per heavy atom. The van der Waals surface area contributed by atoms with E-state index in [1.54, 1.807) is 30.3 Å². The highest BCUT2D eigenvalue weighted by molar-refractivity contribution is 7.92. The summed E-state index contributed by atoms with van der Waals surface area (Å²) in [5.74, 6) is -0.420. The van der Waals surface area contributed by atoms with E-state index in [4.69, 9.17) is 13.9 Å². The molecule has 152 valence electrons. The van der Waals surface area contributed by atoms with Gasteiger partial charge >= 0.3 is 6.01 Å². The number of anilines is 1. The molecule has 1 N–H and O–H groups in total. The van der Waals surface area contributed by atoms with Crippen LogP contribution in [0.4, 0.5) is 6.01 Å². The number of methoxy groups -OCH3 is 2. The summed E-state index contributed by atoms with van der Waals surface area (Å²) in [6, 6.07) is 11.0. The first kappa shape index (κ1) is 20.3. The molecule has 0 atom stereocenters. The topological polar surface area (TPSA) is 121 Å². The summed E-state index contributed by atoms with van der Waals surface area (Å²) in [7, 11) is -0.789. The summed E-state index contributed by atoms with van der Waals surface area (Å²) in [6.07, 6.45) is 0. The molecule has 0 fully saturated rings. The average Bonchev–Trinajstić information content (AvgIpc) is 3.15. The maximum atomic E-state index is 12.4. The van der Waals surface area contributed by atoms with Crippen LogP contribution >= 0.6 is 0 Å². The van der Waals surface area contributed by atoms with Gasteiger partial charge in [0, 0.05) is 6.07 Å². The third-order valence-electron chi connectivity index (χ3n) is 4.01. The van der Waals surface area contributed by atoms with E-state index in [0.717, 1.165) is 5.56 Å². The summed E-state index contributed by atoms with van der Waals surface area (Å²) >= 11 is 0. The fourth-order valence-electron chi connectivity index (χ4n) is 2.51. The van der Waals surface area contributed by atoms with E-state index in [1.165, 1.54) is 26.4 Å². The van der Waals surface area contributed by atoms with Crippen molar-refractivity contribution in [3.8, 4) is 23.0 Å². The zero-order valence-electron chi connectivity index (χ0n) is 16.0. The quantitative estimate of drug-likeness (QED) is 0.622. The lowest BCUT2D eigenvalue weighted by molar-refractivity contribution is -0.114. The van der Waals surface area contributed by atoms with E-state index < -0.39 is 21.5 Å². The molecule has 10 heteroatoms. The minimum absolute atomic E-state index is 0.0624. The van der Waals surface area contributed by atoms with Crippen molar-refractivity contribution in [3.63, 3.8) is 0 Å². The van der Waals surface area contributed by atoms with Gasteiger partial charge in [0.2, 0.25) is 5.91 Å². The first-order valence-corrected chi connectivity index (χ1v) is 10.1. The van der Waals surface area contributed by atoms with Gasteiger partial charge in [0.1, 0.15) is 17.3 Å². The van der Waals surface area contributed by atoms with Crippen molar-refractivity contribution in [3.05, 3.63) is 48.0 Å². The Kier molecular flexibility index (Phi) is 5.83. The standard InChI is InChI=1S/C19H19N3O6S/c1-12-4-7-14(8-5-12)29(24,25)11-17(23)20-19-22-21-18(28-19)15-9-6-13(26-2)10-16(15)27-3/h4-10H,11H2,1-3H3,(H,20,22,23). The summed E-state index contributed by atoms with van der Waals surface area (Å²) in [4.78, 5) is 12.2. The number of aromatic nitrogens is 2. The SMILES string of the molecule is COc1ccc(-c2nnc(NC(=O)CS(=O)(=O)c3ccc(C)cc3)o2)c(OC)c1. The third kappa shape index (κ3) is 4.72. The molecule has 0 aliphatic heterocycles.